The molecule has 0 aliphatic rings. The molecule has 0 radical (unpaired) electrons. The average molecular weight is 317 g/mol. The highest BCUT2D eigenvalue weighted by Gasteiger charge is 2.20. The largest absolute Gasteiger partial charge is 0.494 e. The molecule has 0 aliphatic carbocycles. The third kappa shape index (κ3) is 5.28. The molecule has 7 heteroatoms. The third-order valence-electron chi connectivity index (χ3n) is 2.92. The number of aliphatic hydroxyl groups excluding tert-OH is 1. The summed E-state index contributed by atoms with van der Waals surface area (Å²) in [5.41, 5.74) is 0.755. The van der Waals surface area contributed by atoms with Crippen LogP contribution in [0.2, 0.25) is 0 Å². The second kappa shape index (κ2) is 8.33. The molecule has 21 heavy (non-hydrogen) atoms. The van der Waals surface area contributed by atoms with Crippen molar-refractivity contribution in [2.45, 2.75) is 31.2 Å². The lowest BCUT2D eigenvalue weighted by Crippen LogP contribution is -2.38. The molecule has 0 spiro atoms. The zero-order valence-electron chi connectivity index (χ0n) is 12.6. The molecule has 0 aliphatic heterocycles. The Balaban J connectivity index is 2.93. The first-order chi connectivity index (χ1) is 9.94. The van der Waals surface area contributed by atoms with Crippen molar-refractivity contribution < 1.29 is 23.0 Å². The summed E-state index contributed by atoms with van der Waals surface area (Å²) < 4.78 is 37.5. The van der Waals surface area contributed by atoms with Crippen molar-refractivity contribution in [3.63, 3.8) is 0 Å². The number of aryl methyl sites for hydroxylation is 1. The predicted molar refractivity (Wildman–Crippen MR) is 80.0 cm³/mol. The van der Waals surface area contributed by atoms with Crippen molar-refractivity contribution in [3.8, 4) is 5.75 Å². The molecule has 1 atom stereocenters. The second-order valence-electron chi connectivity index (χ2n) is 4.65. The zero-order chi connectivity index (χ0) is 15.9. The number of hydrogen-bond donors (Lipinski definition) is 2. The van der Waals surface area contributed by atoms with E-state index < -0.39 is 16.1 Å². The monoisotopic (exact) mass is 317 g/mol. The van der Waals surface area contributed by atoms with Gasteiger partial charge in [-0.15, -0.1) is 0 Å². The van der Waals surface area contributed by atoms with E-state index in [1.807, 2.05) is 6.92 Å². The van der Waals surface area contributed by atoms with Gasteiger partial charge in [0.25, 0.3) is 0 Å². The van der Waals surface area contributed by atoms with Crippen molar-refractivity contribution in [1.82, 2.24) is 4.72 Å². The summed E-state index contributed by atoms with van der Waals surface area (Å²) in [5, 5.41) is 8.96. The first-order valence-corrected chi connectivity index (χ1v) is 8.28. The fraction of sp³-hybridized carbons (Fsp3) is 0.571. The van der Waals surface area contributed by atoms with Gasteiger partial charge in [-0.1, -0.05) is 0 Å². The van der Waals surface area contributed by atoms with Gasteiger partial charge in [-0.3, -0.25) is 0 Å². The molecule has 1 aromatic carbocycles. The van der Waals surface area contributed by atoms with Gasteiger partial charge in [-0.25, -0.2) is 13.1 Å². The smallest absolute Gasteiger partial charge is 0.240 e. The molecule has 0 amide bonds. The first kappa shape index (κ1) is 17.9. The lowest BCUT2D eigenvalue weighted by atomic mass is 10.2. The average Bonchev–Trinajstić information content (AvgIpc) is 2.41. The maximum absolute atomic E-state index is 12.3. The van der Waals surface area contributed by atoms with Gasteiger partial charge >= 0.3 is 0 Å². The van der Waals surface area contributed by atoms with E-state index in [0.717, 1.165) is 5.56 Å². The molecule has 0 fully saturated rings. The second-order valence-corrected chi connectivity index (χ2v) is 6.36. The number of sulfonamides is 1. The van der Waals surface area contributed by atoms with Crippen molar-refractivity contribution in [1.29, 1.82) is 0 Å². The van der Waals surface area contributed by atoms with Crippen LogP contribution >= 0.6 is 0 Å². The molecule has 0 aromatic heterocycles. The normalized spacial score (nSPS) is 13.1. The van der Waals surface area contributed by atoms with Crippen molar-refractivity contribution >= 4 is 10.0 Å². The molecule has 6 nitrogen and oxygen atoms in total. The minimum Gasteiger partial charge on any atom is -0.494 e. The highest BCUT2D eigenvalue weighted by atomic mass is 32.2. The molecule has 120 valence electrons. The van der Waals surface area contributed by atoms with Crippen LogP contribution < -0.4 is 9.46 Å². The molecule has 1 rings (SSSR count). The van der Waals surface area contributed by atoms with E-state index in [-0.39, 0.29) is 18.1 Å². The van der Waals surface area contributed by atoms with Crippen LogP contribution in [0.15, 0.2) is 23.1 Å². The van der Waals surface area contributed by atoms with E-state index in [0.29, 0.717) is 18.8 Å². The fourth-order valence-corrected chi connectivity index (χ4v) is 3.27. The lowest BCUT2D eigenvalue weighted by Gasteiger charge is -2.17. The van der Waals surface area contributed by atoms with Crippen LogP contribution in [0, 0.1) is 6.92 Å². The summed E-state index contributed by atoms with van der Waals surface area (Å²) in [6, 6.07) is 4.25. The van der Waals surface area contributed by atoms with Crippen LogP contribution in [0.4, 0.5) is 0 Å². The van der Waals surface area contributed by atoms with E-state index in [2.05, 4.69) is 4.72 Å². The Hall–Kier alpha value is -1.15. The van der Waals surface area contributed by atoms with Gasteiger partial charge in [-0.05, 0) is 44.0 Å². The van der Waals surface area contributed by atoms with Gasteiger partial charge in [0, 0.05) is 19.8 Å². The standard InChI is InChI=1S/C14H23NO5S/c1-4-20-14-6-5-13(9-11(14)2)21(17,18)15-12(7-8-16)10-19-3/h5-6,9,12,15-16H,4,7-8,10H2,1-3H3. The van der Waals surface area contributed by atoms with Crippen LogP contribution in [-0.2, 0) is 14.8 Å². The highest BCUT2D eigenvalue weighted by molar-refractivity contribution is 7.89. The molecule has 0 heterocycles. The number of ether oxygens (including phenoxy) is 2. The summed E-state index contributed by atoms with van der Waals surface area (Å²) in [5.74, 6) is 0.667. The van der Waals surface area contributed by atoms with Gasteiger partial charge in [0.05, 0.1) is 18.1 Å². The van der Waals surface area contributed by atoms with Gasteiger partial charge < -0.3 is 14.6 Å². The lowest BCUT2D eigenvalue weighted by molar-refractivity contribution is 0.158. The number of nitrogens with one attached hydrogen (secondary N) is 1. The SMILES string of the molecule is CCOc1ccc(S(=O)(=O)NC(CCO)COC)cc1C. The summed E-state index contributed by atoms with van der Waals surface area (Å²) in [7, 11) is -2.17. The maximum Gasteiger partial charge on any atom is 0.240 e. The highest BCUT2D eigenvalue weighted by Crippen LogP contribution is 2.22. The van der Waals surface area contributed by atoms with Crippen molar-refractivity contribution in [2.75, 3.05) is 26.9 Å². The maximum atomic E-state index is 12.3. The summed E-state index contributed by atoms with van der Waals surface area (Å²) >= 11 is 0. The summed E-state index contributed by atoms with van der Waals surface area (Å²) in [6.07, 6.45) is 0.295. The van der Waals surface area contributed by atoms with Crippen LogP contribution in [0.25, 0.3) is 0 Å². The first-order valence-electron chi connectivity index (χ1n) is 6.80. The zero-order valence-corrected chi connectivity index (χ0v) is 13.4. The van der Waals surface area contributed by atoms with E-state index in [1.165, 1.54) is 13.2 Å². The van der Waals surface area contributed by atoms with Gasteiger partial charge in [0.1, 0.15) is 5.75 Å². The number of methoxy groups -OCH3 is 1. The topological polar surface area (TPSA) is 84.9 Å². The summed E-state index contributed by atoms with van der Waals surface area (Å²) in [4.78, 5) is 0.169. The van der Waals surface area contributed by atoms with Crippen LogP contribution in [-0.4, -0.2) is 46.5 Å². The van der Waals surface area contributed by atoms with Crippen molar-refractivity contribution in [3.05, 3.63) is 23.8 Å². The minimum atomic E-state index is -3.65. The van der Waals surface area contributed by atoms with Crippen LogP contribution in [0.5, 0.6) is 5.75 Å². The molecule has 0 saturated heterocycles. The minimum absolute atomic E-state index is 0.112. The van der Waals surface area contributed by atoms with E-state index in [9.17, 15) is 8.42 Å². The molecular weight excluding hydrogens is 294 g/mol. The van der Waals surface area contributed by atoms with Gasteiger partial charge in [0.2, 0.25) is 10.0 Å². The molecule has 1 aromatic rings. The van der Waals surface area contributed by atoms with E-state index in [4.69, 9.17) is 14.6 Å². The molecule has 0 bridgehead atoms. The number of aliphatic hydroxyl groups is 1. The third-order valence-corrected chi connectivity index (χ3v) is 4.44. The van der Waals surface area contributed by atoms with Gasteiger partial charge in [0.15, 0.2) is 0 Å². The van der Waals surface area contributed by atoms with Crippen molar-refractivity contribution in [2.24, 2.45) is 0 Å². The van der Waals surface area contributed by atoms with Gasteiger partial charge in [-0.2, -0.15) is 0 Å². The fourth-order valence-electron chi connectivity index (χ4n) is 1.93. The number of hydrogen-bond acceptors (Lipinski definition) is 5. The molecule has 2 N–H and O–H groups in total. The van der Waals surface area contributed by atoms with Crippen LogP contribution in [0.1, 0.15) is 18.9 Å². The molecule has 0 saturated carbocycles. The van der Waals surface area contributed by atoms with Crippen LogP contribution in [0.3, 0.4) is 0 Å². The summed E-state index contributed by atoms with van der Waals surface area (Å²) in [6.45, 7) is 4.28. The van der Waals surface area contributed by atoms with E-state index >= 15 is 0 Å². The predicted octanol–water partition coefficient (Wildman–Crippen LogP) is 1.07. The Morgan fingerprint density at radius 3 is 2.62 bits per heavy atom. The Morgan fingerprint density at radius 1 is 1.38 bits per heavy atom. The molecular formula is C14H23NO5S. The Labute approximate surface area is 126 Å². The molecule has 1 unspecified atom stereocenters. The quantitative estimate of drug-likeness (QED) is 0.711. The van der Waals surface area contributed by atoms with E-state index in [1.54, 1.807) is 19.1 Å². The Bertz CT molecular complexity index is 538. The number of benzene rings is 1. The Kier molecular flexibility index (Phi) is 7.10. The number of rotatable bonds is 9. The Morgan fingerprint density at radius 2 is 2.10 bits per heavy atom.